The topological polar surface area (TPSA) is 49.9 Å². The van der Waals surface area contributed by atoms with E-state index in [2.05, 4.69) is 36.9 Å². The van der Waals surface area contributed by atoms with Crippen LogP contribution >= 0.6 is 0 Å². The molecule has 1 aliphatic heterocycles. The number of ketones is 1. The monoisotopic (exact) mass is 394 g/mol. The van der Waals surface area contributed by atoms with Gasteiger partial charge in [0.1, 0.15) is 5.75 Å². The molecule has 1 heterocycles. The third-order valence-corrected chi connectivity index (χ3v) is 5.76. The van der Waals surface area contributed by atoms with E-state index >= 15 is 0 Å². The molecule has 1 fully saturated rings. The van der Waals surface area contributed by atoms with Crippen LogP contribution in [0, 0.1) is 13.8 Å². The number of benzene rings is 2. The third-order valence-electron chi connectivity index (χ3n) is 5.76. The minimum absolute atomic E-state index is 0.0696. The number of hydrogen-bond acceptors (Lipinski definition) is 4. The summed E-state index contributed by atoms with van der Waals surface area (Å²) in [6, 6.07) is 13.5. The summed E-state index contributed by atoms with van der Waals surface area (Å²) in [6.45, 7) is 7.45. The van der Waals surface area contributed by atoms with Gasteiger partial charge in [-0.15, -0.1) is 0 Å². The Morgan fingerprint density at radius 1 is 0.931 bits per heavy atom. The van der Waals surface area contributed by atoms with Crippen molar-refractivity contribution in [1.29, 1.82) is 0 Å². The number of nitrogens with zero attached hydrogens (tertiary/aromatic N) is 2. The second kappa shape index (κ2) is 9.59. The molecule has 0 unspecified atom stereocenters. The zero-order valence-electron chi connectivity index (χ0n) is 17.6. The second-order valence-corrected chi connectivity index (χ2v) is 7.59. The van der Waals surface area contributed by atoms with Gasteiger partial charge in [-0.2, -0.15) is 0 Å². The maximum atomic E-state index is 12.5. The molecule has 1 aliphatic rings. The number of rotatable bonds is 7. The van der Waals surface area contributed by atoms with Gasteiger partial charge in [0.25, 0.3) is 0 Å². The Hall–Kier alpha value is -2.82. The SMILES string of the molecule is COc1ccc(C(=O)CCCC(=O)N2CCN(c3cccc(C)c3C)CC2)cc1. The summed E-state index contributed by atoms with van der Waals surface area (Å²) in [6.07, 6.45) is 1.40. The number of carbonyl (C=O) groups excluding carboxylic acids is 2. The van der Waals surface area contributed by atoms with Gasteiger partial charge in [-0.3, -0.25) is 9.59 Å². The van der Waals surface area contributed by atoms with Crippen molar-refractivity contribution < 1.29 is 14.3 Å². The Kier molecular flexibility index (Phi) is 6.91. The summed E-state index contributed by atoms with van der Waals surface area (Å²) in [5, 5.41) is 0. The van der Waals surface area contributed by atoms with E-state index in [1.807, 2.05) is 4.90 Å². The van der Waals surface area contributed by atoms with Crippen LogP contribution in [-0.4, -0.2) is 49.9 Å². The zero-order valence-corrected chi connectivity index (χ0v) is 17.6. The lowest BCUT2D eigenvalue weighted by Crippen LogP contribution is -2.49. The number of anilines is 1. The average Bonchev–Trinajstić information content (AvgIpc) is 2.75. The number of carbonyl (C=O) groups is 2. The summed E-state index contributed by atoms with van der Waals surface area (Å²) >= 11 is 0. The van der Waals surface area contributed by atoms with Gasteiger partial charge in [0.15, 0.2) is 5.78 Å². The van der Waals surface area contributed by atoms with E-state index in [1.54, 1.807) is 31.4 Å². The van der Waals surface area contributed by atoms with Crippen molar-refractivity contribution in [2.24, 2.45) is 0 Å². The largest absolute Gasteiger partial charge is 0.497 e. The molecule has 0 aromatic heterocycles. The van der Waals surface area contributed by atoms with Crippen molar-refractivity contribution in [2.75, 3.05) is 38.2 Å². The maximum absolute atomic E-state index is 12.5. The van der Waals surface area contributed by atoms with E-state index < -0.39 is 0 Å². The van der Waals surface area contributed by atoms with Crippen LogP contribution in [0.4, 0.5) is 5.69 Å². The molecule has 0 N–H and O–H groups in total. The van der Waals surface area contributed by atoms with E-state index in [4.69, 9.17) is 4.74 Å². The number of hydrogen-bond donors (Lipinski definition) is 0. The first-order valence-electron chi connectivity index (χ1n) is 10.3. The van der Waals surface area contributed by atoms with Crippen LogP contribution in [0.1, 0.15) is 40.7 Å². The van der Waals surface area contributed by atoms with E-state index in [0.29, 0.717) is 24.8 Å². The van der Waals surface area contributed by atoms with Crippen molar-refractivity contribution in [2.45, 2.75) is 33.1 Å². The summed E-state index contributed by atoms with van der Waals surface area (Å²) in [4.78, 5) is 29.1. The number of ether oxygens (including phenoxy) is 1. The molecule has 0 spiro atoms. The number of methoxy groups -OCH3 is 1. The van der Waals surface area contributed by atoms with Crippen molar-refractivity contribution in [1.82, 2.24) is 4.90 Å². The molecule has 2 aromatic rings. The molecule has 5 heteroatoms. The maximum Gasteiger partial charge on any atom is 0.222 e. The van der Waals surface area contributed by atoms with Gasteiger partial charge in [0, 0.05) is 50.3 Å². The fraction of sp³-hybridized carbons (Fsp3) is 0.417. The smallest absolute Gasteiger partial charge is 0.222 e. The highest BCUT2D eigenvalue weighted by Gasteiger charge is 2.22. The van der Waals surface area contributed by atoms with E-state index in [-0.39, 0.29) is 11.7 Å². The summed E-state index contributed by atoms with van der Waals surface area (Å²) < 4.78 is 5.11. The fourth-order valence-corrected chi connectivity index (χ4v) is 3.75. The van der Waals surface area contributed by atoms with Gasteiger partial charge in [-0.1, -0.05) is 12.1 Å². The van der Waals surface area contributed by atoms with Gasteiger partial charge in [0.05, 0.1) is 7.11 Å². The molecule has 29 heavy (non-hydrogen) atoms. The third kappa shape index (κ3) is 5.17. The Balaban J connectivity index is 1.43. The zero-order chi connectivity index (χ0) is 20.8. The molecular weight excluding hydrogens is 364 g/mol. The number of amides is 1. The van der Waals surface area contributed by atoms with Gasteiger partial charge in [-0.25, -0.2) is 0 Å². The first-order chi connectivity index (χ1) is 14.0. The van der Waals surface area contributed by atoms with Crippen molar-refractivity contribution >= 4 is 17.4 Å². The molecule has 1 amide bonds. The van der Waals surface area contributed by atoms with Crippen LogP contribution in [0.5, 0.6) is 5.75 Å². The van der Waals surface area contributed by atoms with Gasteiger partial charge in [-0.05, 0) is 61.7 Å². The average molecular weight is 395 g/mol. The Morgan fingerprint density at radius 3 is 2.28 bits per heavy atom. The predicted molar refractivity (Wildman–Crippen MR) is 116 cm³/mol. The minimum atomic E-state index is 0.0696. The lowest BCUT2D eigenvalue weighted by Gasteiger charge is -2.37. The van der Waals surface area contributed by atoms with Crippen LogP contribution in [0.25, 0.3) is 0 Å². The molecule has 1 saturated heterocycles. The first-order valence-corrected chi connectivity index (χ1v) is 10.3. The highest BCUT2D eigenvalue weighted by atomic mass is 16.5. The number of piperazine rings is 1. The Morgan fingerprint density at radius 2 is 1.62 bits per heavy atom. The molecule has 0 saturated carbocycles. The fourth-order valence-electron chi connectivity index (χ4n) is 3.75. The molecule has 0 bridgehead atoms. The summed E-state index contributed by atoms with van der Waals surface area (Å²) in [5.74, 6) is 0.949. The van der Waals surface area contributed by atoms with Crippen LogP contribution in [-0.2, 0) is 4.79 Å². The van der Waals surface area contributed by atoms with Crippen LogP contribution in [0.2, 0.25) is 0 Å². The normalized spacial score (nSPS) is 14.0. The number of Topliss-reactive ketones (excluding diaryl/α,β-unsaturated/α-hetero) is 1. The first kappa shape index (κ1) is 20.9. The molecule has 0 atom stereocenters. The van der Waals surface area contributed by atoms with Crippen molar-refractivity contribution in [3.63, 3.8) is 0 Å². The molecule has 5 nitrogen and oxygen atoms in total. The summed E-state index contributed by atoms with van der Waals surface area (Å²) in [7, 11) is 1.60. The highest BCUT2D eigenvalue weighted by Crippen LogP contribution is 2.24. The van der Waals surface area contributed by atoms with Gasteiger partial charge >= 0.3 is 0 Å². The van der Waals surface area contributed by atoms with Crippen molar-refractivity contribution in [3.8, 4) is 5.75 Å². The van der Waals surface area contributed by atoms with Gasteiger partial charge < -0.3 is 14.5 Å². The van der Waals surface area contributed by atoms with Crippen molar-refractivity contribution in [3.05, 3.63) is 59.2 Å². The van der Waals surface area contributed by atoms with E-state index in [1.165, 1.54) is 16.8 Å². The molecule has 0 radical (unpaired) electrons. The molecule has 154 valence electrons. The second-order valence-electron chi connectivity index (χ2n) is 7.59. The molecule has 2 aromatic carbocycles. The van der Waals surface area contributed by atoms with Crippen LogP contribution in [0.3, 0.4) is 0 Å². The van der Waals surface area contributed by atoms with Crippen LogP contribution < -0.4 is 9.64 Å². The summed E-state index contributed by atoms with van der Waals surface area (Å²) in [5.41, 5.74) is 4.54. The quantitative estimate of drug-likeness (QED) is 0.666. The minimum Gasteiger partial charge on any atom is -0.497 e. The van der Waals surface area contributed by atoms with E-state index in [0.717, 1.165) is 31.9 Å². The van der Waals surface area contributed by atoms with Gasteiger partial charge in [0.2, 0.25) is 5.91 Å². The lowest BCUT2D eigenvalue weighted by molar-refractivity contribution is -0.131. The van der Waals surface area contributed by atoms with E-state index in [9.17, 15) is 9.59 Å². The van der Waals surface area contributed by atoms with Crippen LogP contribution in [0.15, 0.2) is 42.5 Å². The standard InChI is InChI=1S/C24H30N2O3/c1-18-6-4-7-22(19(18)2)25-14-16-26(17-15-25)24(28)9-5-8-23(27)20-10-12-21(29-3)13-11-20/h4,6-7,10-13H,5,8-9,14-17H2,1-3H3. The molecular formula is C24H30N2O3. The predicted octanol–water partition coefficient (Wildman–Crippen LogP) is 4.01. The Bertz CT molecular complexity index is 853. The molecule has 3 rings (SSSR count). The molecule has 0 aliphatic carbocycles. The Labute approximate surface area is 173 Å². The lowest BCUT2D eigenvalue weighted by atomic mass is 10.0. The highest BCUT2D eigenvalue weighted by molar-refractivity contribution is 5.96. The number of aryl methyl sites for hydroxylation is 1.